The van der Waals surface area contributed by atoms with E-state index in [0.717, 1.165) is 77.0 Å². The van der Waals surface area contributed by atoms with Crippen LogP contribution < -0.4 is 20.9 Å². The Balaban J connectivity index is 0.000000168. The summed E-state index contributed by atoms with van der Waals surface area (Å²) in [6, 6.07) is 27.0. The molecule has 2 aliphatic heterocycles. The van der Waals surface area contributed by atoms with Crippen molar-refractivity contribution in [2.45, 2.75) is 66.5 Å². The predicted molar refractivity (Wildman–Crippen MR) is 227 cm³/mol. The largest absolute Gasteiger partial charge is 0.507 e. The van der Waals surface area contributed by atoms with Gasteiger partial charge in [-0.2, -0.15) is 0 Å². The van der Waals surface area contributed by atoms with Crippen molar-refractivity contribution in [2.24, 2.45) is 22.5 Å². The second-order valence-electron chi connectivity index (χ2n) is 17.1. The van der Waals surface area contributed by atoms with Gasteiger partial charge in [0.1, 0.15) is 23.1 Å². The zero-order valence-electron chi connectivity index (χ0n) is 33.6. The van der Waals surface area contributed by atoms with Crippen LogP contribution in [0.5, 0.6) is 11.5 Å². The van der Waals surface area contributed by atoms with Gasteiger partial charge in [0.05, 0.1) is 22.2 Å². The van der Waals surface area contributed by atoms with Crippen LogP contribution in [0.15, 0.2) is 84.9 Å². The van der Waals surface area contributed by atoms with E-state index in [1.54, 1.807) is 24.3 Å². The van der Waals surface area contributed by atoms with Crippen molar-refractivity contribution in [3.63, 3.8) is 0 Å². The quantitative estimate of drug-likeness (QED) is 0.134. The van der Waals surface area contributed by atoms with Crippen LogP contribution in [-0.2, 0) is 4.79 Å². The summed E-state index contributed by atoms with van der Waals surface area (Å²) < 4.78 is 0. The van der Waals surface area contributed by atoms with Crippen LogP contribution in [0.2, 0.25) is 0 Å². The first-order valence-corrected chi connectivity index (χ1v) is 19.9. The fourth-order valence-electron chi connectivity index (χ4n) is 8.68. The Bertz CT molecular complexity index is 2490. The highest BCUT2D eigenvalue weighted by Gasteiger charge is 2.68. The maximum absolute atomic E-state index is 13.0. The number of hydrogen-bond acceptors (Lipinski definition) is 10. The van der Waals surface area contributed by atoms with E-state index in [0.29, 0.717) is 29.3 Å². The zero-order valence-corrected chi connectivity index (χ0v) is 33.6. The van der Waals surface area contributed by atoms with Gasteiger partial charge in [0, 0.05) is 55.0 Å². The number of aromatic hydroxyl groups is 2. The van der Waals surface area contributed by atoms with Crippen molar-refractivity contribution in [1.29, 1.82) is 0 Å². The summed E-state index contributed by atoms with van der Waals surface area (Å²) in [5.74, 6) is 3.36. The summed E-state index contributed by atoms with van der Waals surface area (Å²) in [5.41, 5.74) is 11.4. The number of carbonyl (C=O) groups is 1. The van der Waals surface area contributed by atoms with Crippen molar-refractivity contribution in [1.82, 2.24) is 25.3 Å². The molecule has 294 valence electrons. The number of aryl methyl sites for hydroxylation is 2. The van der Waals surface area contributed by atoms with Gasteiger partial charge < -0.3 is 31.1 Å². The minimum Gasteiger partial charge on any atom is -0.507 e. The molecule has 57 heavy (non-hydrogen) atoms. The Labute approximate surface area is 334 Å². The third-order valence-corrected chi connectivity index (χ3v) is 12.6. The smallest absolute Gasteiger partial charge is 0.224 e. The predicted octanol–water partition coefficient (Wildman–Crippen LogP) is 7.54. The number of rotatable bonds is 6. The van der Waals surface area contributed by atoms with Crippen LogP contribution in [-0.4, -0.2) is 74.3 Å². The number of phenolic OH excluding ortho intramolecular Hbond substituents is 2. The zero-order chi connectivity index (χ0) is 40.2. The molecule has 4 heterocycles. The average molecular weight is 765 g/mol. The molecule has 6 aromatic rings. The lowest BCUT2D eigenvalue weighted by molar-refractivity contribution is -0.124. The Kier molecular flexibility index (Phi) is 9.76. The van der Waals surface area contributed by atoms with E-state index < -0.39 is 0 Å². The van der Waals surface area contributed by atoms with Crippen molar-refractivity contribution in [3.05, 3.63) is 96.1 Å². The number of nitrogens with two attached hydrogens (primary N) is 1. The average Bonchev–Trinajstić information content (AvgIpc) is 3.62. The van der Waals surface area contributed by atoms with Gasteiger partial charge in [-0.3, -0.25) is 4.79 Å². The van der Waals surface area contributed by atoms with Crippen molar-refractivity contribution in [2.75, 3.05) is 36.0 Å². The summed E-state index contributed by atoms with van der Waals surface area (Å²) in [4.78, 5) is 36.5. The fourth-order valence-corrected chi connectivity index (χ4v) is 8.68. The van der Waals surface area contributed by atoms with Gasteiger partial charge in [-0.15, -0.1) is 0 Å². The third kappa shape index (κ3) is 7.20. The van der Waals surface area contributed by atoms with Crippen LogP contribution in [0.3, 0.4) is 0 Å². The number of phenols is 2. The van der Waals surface area contributed by atoms with Crippen LogP contribution in [0.1, 0.15) is 51.7 Å². The number of nitrogens with one attached hydrogen (secondary N) is 1. The molecule has 1 saturated carbocycles. The monoisotopic (exact) mass is 764 g/mol. The van der Waals surface area contributed by atoms with Gasteiger partial charge >= 0.3 is 0 Å². The summed E-state index contributed by atoms with van der Waals surface area (Å²) in [6.45, 7) is 16.0. The number of hydrogen-bond donors (Lipinski definition) is 4. The SMILES string of the molecule is Cc1ccc2c(N3CC[C@@H](N)C3)nc(-c3ccccc3O)nc2c1.Cc1ccc2c(N3CC[C@@H](NC(=O)C4C(C)(C)C4(C)C)C3)nc(-c3ccccc3O)nc2c1. The van der Waals surface area contributed by atoms with Gasteiger partial charge in [0.15, 0.2) is 11.6 Å². The molecule has 1 amide bonds. The van der Waals surface area contributed by atoms with Gasteiger partial charge in [-0.05, 0) is 97.2 Å². The highest BCUT2D eigenvalue weighted by Crippen LogP contribution is 2.68. The maximum Gasteiger partial charge on any atom is 0.224 e. The number of anilines is 2. The first kappa shape index (κ1) is 38.1. The lowest BCUT2D eigenvalue weighted by Crippen LogP contribution is -2.39. The molecule has 0 radical (unpaired) electrons. The molecule has 3 fully saturated rings. The second kappa shape index (κ2) is 14.6. The Hall–Kier alpha value is -5.81. The first-order chi connectivity index (χ1) is 27.2. The maximum atomic E-state index is 13.0. The van der Waals surface area contributed by atoms with Gasteiger partial charge in [0.2, 0.25) is 5.91 Å². The standard InChI is InChI=1S/C27H32N4O2.C19H20N4O/c1-16-10-11-18-20(14-16)29-23(19-8-6-7-9-21(19)32)30-24(18)31-13-12-17(15-31)28-25(33)22-26(2,3)27(22,4)5;1-12-6-7-14-16(10-12)21-18(15-4-2-3-5-17(15)24)22-19(14)23-9-8-13(20)11-23/h6-11,14,17,22,32H,12-13,15H2,1-5H3,(H,28,33);2-7,10,13,24H,8-9,11,20H2,1H3/t17-;13-/m11/s1. The molecule has 4 aromatic carbocycles. The molecule has 3 aliphatic rings. The Morgan fingerprint density at radius 3 is 1.61 bits per heavy atom. The molecule has 0 bridgehead atoms. The molecule has 0 spiro atoms. The van der Waals surface area contributed by atoms with E-state index in [1.165, 1.54) is 0 Å². The highest BCUT2D eigenvalue weighted by atomic mass is 16.3. The minimum atomic E-state index is 0.0304. The molecule has 11 nitrogen and oxygen atoms in total. The van der Waals surface area contributed by atoms with Crippen LogP contribution in [0, 0.1) is 30.6 Å². The Morgan fingerprint density at radius 1 is 0.684 bits per heavy atom. The van der Waals surface area contributed by atoms with E-state index in [1.807, 2.05) is 38.1 Å². The molecule has 11 heteroatoms. The highest BCUT2D eigenvalue weighted by molar-refractivity contribution is 5.93. The van der Waals surface area contributed by atoms with Gasteiger partial charge in [0.25, 0.3) is 0 Å². The van der Waals surface area contributed by atoms with Crippen LogP contribution >= 0.6 is 0 Å². The second-order valence-corrected chi connectivity index (χ2v) is 17.1. The number of para-hydroxylation sites is 2. The molecule has 1 aliphatic carbocycles. The van der Waals surface area contributed by atoms with E-state index >= 15 is 0 Å². The van der Waals surface area contributed by atoms with E-state index in [9.17, 15) is 15.0 Å². The topological polar surface area (TPSA) is 154 Å². The van der Waals surface area contributed by atoms with Crippen molar-refractivity contribution < 1.29 is 15.0 Å². The summed E-state index contributed by atoms with van der Waals surface area (Å²) in [6.07, 6.45) is 1.84. The molecule has 0 unspecified atom stereocenters. The first-order valence-electron chi connectivity index (χ1n) is 19.9. The fraction of sp³-hybridized carbons (Fsp3) is 0.370. The lowest BCUT2D eigenvalue weighted by Gasteiger charge is -2.21. The van der Waals surface area contributed by atoms with E-state index in [4.69, 9.17) is 20.7 Å². The van der Waals surface area contributed by atoms with Gasteiger partial charge in [-0.25, -0.2) is 19.9 Å². The normalized spacial score (nSPS) is 19.8. The molecular weight excluding hydrogens is 713 g/mol. The molecular formula is C46H52N8O3. The third-order valence-electron chi connectivity index (χ3n) is 12.6. The molecule has 5 N–H and O–H groups in total. The summed E-state index contributed by atoms with van der Waals surface area (Å²) in [7, 11) is 0. The number of fused-ring (bicyclic) bond motifs is 2. The number of carbonyl (C=O) groups excluding carboxylic acids is 1. The number of benzene rings is 4. The van der Waals surface area contributed by atoms with E-state index in [2.05, 4.69) is 84.2 Å². The van der Waals surface area contributed by atoms with Crippen molar-refractivity contribution >= 4 is 39.3 Å². The number of aromatic nitrogens is 4. The van der Waals surface area contributed by atoms with Crippen molar-refractivity contribution in [3.8, 4) is 34.3 Å². The van der Waals surface area contributed by atoms with Crippen LogP contribution in [0.4, 0.5) is 11.6 Å². The number of amides is 1. The molecule has 2 atom stereocenters. The molecule has 2 aromatic heterocycles. The van der Waals surface area contributed by atoms with Gasteiger partial charge in [-0.1, -0.05) is 64.1 Å². The Morgan fingerprint density at radius 2 is 1.16 bits per heavy atom. The number of nitrogens with zero attached hydrogens (tertiary/aromatic N) is 6. The summed E-state index contributed by atoms with van der Waals surface area (Å²) >= 11 is 0. The minimum absolute atomic E-state index is 0.0304. The van der Waals surface area contributed by atoms with Crippen LogP contribution in [0.25, 0.3) is 44.6 Å². The molecule has 2 saturated heterocycles. The molecule has 9 rings (SSSR count). The lowest BCUT2D eigenvalue weighted by atomic mass is 10.0. The van der Waals surface area contributed by atoms with E-state index in [-0.39, 0.29) is 46.2 Å². The summed E-state index contributed by atoms with van der Waals surface area (Å²) in [5, 5.41) is 25.9.